The number of benzene rings is 1. The number of pyridine rings is 1. The lowest BCUT2D eigenvalue weighted by molar-refractivity contribution is -0.671. The normalized spacial score (nSPS) is 10.6. The van der Waals surface area contributed by atoms with Crippen LogP contribution in [-0.4, -0.2) is 6.61 Å². The van der Waals surface area contributed by atoms with Crippen LogP contribution in [0.4, 0.5) is 0 Å². The highest BCUT2D eigenvalue weighted by molar-refractivity contribution is 5.63. The average molecular weight is 298 g/mol. The van der Waals surface area contributed by atoms with Gasteiger partial charge in [0.15, 0.2) is 12.4 Å². The summed E-state index contributed by atoms with van der Waals surface area (Å²) in [5, 5.41) is 0. The summed E-state index contributed by atoms with van der Waals surface area (Å²) in [7, 11) is 2.03. The smallest absolute Gasteiger partial charge is 0.169 e. The Morgan fingerprint density at radius 1 is 0.773 bits per heavy atom. The molecule has 118 valence electrons. The second-order valence-corrected chi connectivity index (χ2v) is 5.89. The van der Waals surface area contributed by atoms with Gasteiger partial charge in [-0.2, -0.15) is 0 Å². The molecule has 0 aliphatic carbocycles. The van der Waals surface area contributed by atoms with Gasteiger partial charge in [0.2, 0.25) is 0 Å². The molecular weight excluding hydrogens is 270 g/mol. The molecule has 2 nitrogen and oxygen atoms in total. The van der Waals surface area contributed by atoms with Gasteiger partial charge in [-0.3, -0.25) is 0 Å². The molecule has 0 aliphatic rings. The predicted octanol–water partition coefficient (Wildman–Crippen LogP) is 4.92. The lowest BCUT2D eigenvalue weighted by atomic mass is 10.1. The Balaban J connectivity index is 1.74. The molecule has 0 N–H and O–H groups in total. The van der Waals surface area contributed by atoms with E-state index in [0.29, 0.717) is 0 Å². The number of ether oxygens (including phenoxy) is 1. The highest BCUT2D eigenvalue weighted by atomic mass is 16.5. The Morgan fingerprint density at radius 3 is 2.05 bits per heavy atom. The van der Waals surface area contributed by atoms with Crippen molar-refractivity contribution in [1.82, 2.24) is 0 Å². The van der Waals surface area contributed by atoms with Crippen molar-refractivity contribution < 1.29 is 9.30 Å². The van der Waals surface area contributed by atoms with E-state index in [9.17, 15) is 0 Å². The topological polar surface area (TPSA) is 13.1 Å². The van der Waals surface area contributed by atoms with E-state index < -0.39 is 0 Å². The molecule has 0 amide bonds. The van der Waals surface area contributed by atoms with Gasteiger partial charge in [-0.05, 0) is 29.7 Å². The number of aryl methyl sites for hydroxylation is 1. The monoisotopic (exact) mass is 298 g/mol. The second-order valence-electron chi connectivity index (χ2n) is 5.89. The van der Waals surface area contributed by atoms with E-state index in [1.807, 2.05) is 11.6 Å². The highest BCUT2D eigenvalue weighted by Crippen LogP contribution is 2.21. The second kappa shape index (κ2) is 9.24. The zero-order valence-electron chi connectivity index (χ0n) is 13.9. The summed E-state index contributed by atoms with van der Waals surface area (Å²) in [5.74, 6) is 0.971. The van der Waals surface area contributed by atoms with Gasteiger partial charge in [-0.25, -0.2) is 4.57 Å². The van der Waals surface area contributed by atoms with Crippen LogP contribution in [0.5, 0.6) is 5.75 Å². The fourth-order valence-corrected chi connectivity index (χ4v) is 2.51. The Hall–Kier alpha value is -1.83. The van der Waals surface area contributed by atoms with Crippen LogP contribution in [0.15, 0.2) is 48.8 Å². The summed E-state index contributed by atoms with van der Waals surface area (Å²) in [4.78, 5) is 0. The number of rotatable bonds is 9. The van der Waals surface area contributed by atoms with Gasteiger partial charge in [0.1, 0.15) is 12.8 Å². The molecule has 1 aromatic heterocycles. The molecule has 0 saturated heterocycles. The van der Waals surface area contributed by atoms with Crippen LogP contribution < -0.4 is 9.30 Å². The van der Waals surface area contributed by atoms with Crippen molar-refractivity contribution in [1.29, 1.82) is 0 Å². The Bertz CT molecular complexity index is 531. The van der Waals surface area contributed by atoms with Gasteiger partial charge in [0, 0.05) is 12.1 Å². The van der Waals surface area contributed by atoms with Crippen molar-refractivity contribution in [3.05, 3.63) is 48.8 Å². The van der Waals surface area contributed by atoms with Crippen molar-refractivity contribution in [2.75, 3.05) is 6.61 Å². The molecule has 0 bridgehead atoms. The number of hydrogen-bond donors (Lipinski definition) is 0. The number of aromatic nitrogens is 1. The van der Waals surface area contributed by atoms with Gasteiger partial charge in [0.05, 0.1) is 6.61 Å². The molecule has 0 saturated carbocycles. The third-order valence-electron chi connectivity index (χ3n) is 3.93. The Kier molecular flexibility index (Phi) is 6.95. The molecule has 2 aromatic rings. The van der Waals surface area contributed by atoms with Crippen LogP contribution in [0.25, 0.3) is 11.1 Å². The van der Waals surface area contributed by atoms with E-state index in [1.165, 1.54) is 43.2 Å². The number of hydrogen-bond acceptors (Lipinski definition) is 1. The lowest BCUT2D eigenvalue weighted by Gasteiger charge is -2.07. The Morgan fingerprint density at radius 2 is 1.36 bits per heavy atom. The van der Waals surface area contributed by atoms with Gasteiger partial charge in [-0.1, -0.05) is 51.2 Å². The van der Waals surface area contributed by atoms with Crippen molar-refractivity contribution in [3.63, 3.8) is 0 Å². The van der Waals surface area contributed by atoms with Crippen LogP contribution in [0.3, 0.4) is 0 Å². The van der Waals surface area contributed by atoms with Crippen LogP contribution >= 0.6 is 0 Å². The summed E-state index contributed by atoms with van der Waals surface area (Å²) < 4.78 is 7.86. The van der Waals surface area contributed by atoms with Gasteiger partial charge in [-0.15, -0.1) is 0 Å². The molecule has 2 rings (SSSR count). The van der Waals surface area contributed by atoms with Gasteiger partial charge in [0.25, 0.3) is 0 Å². The fourth-order valence-electron chi connectivity index (χ4n) is 2.51. The first-order valence-corrected chi connectivity index (χ1v) is 8.48. The predicted molar refractivity (Wildman–Crippen MR) is 91.9 cm³/mol. The summed E-state index contributed by atoms with van der Waals surface area (Å²) in [6.07, 6.45) is 11.9. The first-order valence-electron chi connectivity index (χ1n) is 8.48. The molecule has 0 fully saturated rings. The zero-order valence-corrected chi connectivity index (χ0v) is 13.9. The SMILES string of the molecule is CCCCCCCCOc1ccc(-c2cc[n+](C)cc2)cc1. The third kappa shape index (κ3) is 5.51. The molecule has 22 heavy (non-hydrogen) atoms. The molecule has 1 heterocycles. The molecule has 0 aliphatic heterocycles. The molecular formula is C20H28NO+. The lowest BCUT2D eigenvalue weighted by Crippen LogP contribution is -2.25. The van der Waals surface area contributed by atoms with Crippen molar-refractivity contribution in [2.24, 2.45) is 7.05 Å². The van der Waals surface area contributed by atoms with Crippen LogP contribution in [-0.2, 0) is 7.05 Å². The zero-order chi connectivity index (χ0) is 15.6. The molecule has 0 radical (unpaired) electrons. The van der Waals surface area contributed by atoms with Crippen molar-refractivity contribution in [3.8, 4) is 16.9 Å². The standard InChI is InChI=1S/C20H28NO/c1-3-4-5-6-7-8-17-22-20-11-9-18(10-12-20)19-13-15-21(2)16-14-19/h9-16H,3-8,17H2,1-2H3/q+1. The first kappa shape index (κ1) is 16.5. The van der Waals surface area contributed by atoms with E-state index in [1.54, 1.807) is 0 Å². The summed E-state index contributed by atoms with van der Waals surface area (Å²) >= 11 is 0. The van der Waals surface area contributed by atoms with Crippen LogP contribution in [0.1, 0.15) is 45.4 Å². The average Bonchev–Trinajstić information content (AvgIpc) is 2.55. The maximum absolute atomic E-state index is 5.82. The minimum absolute atomic E-state index is 0.826. The molecule has 2 heteroatoms. The molecule has 0 atom stereocenters. The third-order valence-corrected chi connectivity index (χ3v) is 3.93. The quantitative estimate of drug-likeness (QED) is 0.473. The van der Waals surface area contributed by atoms with E-state index in [2.05, 4.69) is 55.7 Å². The van der Waals surface area contributed by atoms with E-state index in [4.69, 9.17) is 4.74 Å². The number of unbranched alkanes of at least 4 members (excludes halogenated alkanes) is 5. The van der Waals surface area contributed by atoms with Crippen molar-refractivity contribution in [2.45, 2.75) is 45.4 Å². The maximum Gasteiger partial charge on any atom is 0.169 e. The minimum Gasteiger partial charge on any atom is -0.494 e. The van der Waals surface area contributed by atoms with Gasteiger partial charge >= 0.3 is 0 Å². The maximum atomic E-state index is 5.82. The summed E-state index contributed by atoms with van der Waals surface area (Å²) in [6, 6.07) is 12.7. The first-order chi connectivity index (χ1) is 10.8. The van der Waals surface area contributed by atoms with Crippen LogP contribution in [0, 0.1) is 0 Å². The fraction of sp³-hybridized carbons (Fsp3) is 0.450. The van der Waals surface area contributed by atoms with E-state index in [0.717, 1.165) is 18.8 Å². The van der Waals surface area contributed by atoms with Crippen LogP contribution in [0.2, 0.25) is 0 Å². The van der Waals surface area contributed by atoms with Gasteiger partial charge < -0.3 is 4.74 Å². The minimum atomic E-state index is 0.826. The highest BCUT2D eigenvalue weighted by Gasteiger charge is 2.01. The van der Waals surface area contributed by atoms with E-state index >= 15 is 0 Å². The Labute approximate surface area is 134 Å². The number of nitrogens with zero attached hydrogens (tertiary/aromatic N) is 1. The summed E-state index contributed by atoms with van der Waals surface area (Å²) in [6.45, 7) is 3.08. The van der Waals surface area contributed by atoms with Crippen molar-refractivity contribution >= 4 is 0 Å². The molecule has 0 spiro atoms. The molecule has 1 aromatic carbocycles. The summed E-state index contributed by atoms with van der Waals surface area (Å²) in [5.41, 5.74) is 2.47. The molecule has 0 unspecified atom stereocenters. The van der Waals surface area contributed by atoms with E-state index in [-0.39, 0.29) is 0 Å². The largest absolute Gasteiger partial charge is 0.494 e.